The van der Waals surface area contributed by atoms with E-state index in [4.69, 9.17) is 9.47 Å². The van der Waals surface area contributed by atoms with Gasteiger partial charge in [-0.3, -0.25) is 14.5 Å². The summed E-state index contributed by atoms with van der Waals surface area (Å²) in [6.07, 6.45) is 0.504. The molecule has 1 aromatic carbocycles. The van der Waals surface area contributed by atoms with E-state index in [-0.39, 0.29) is 49.3 Å². The zero-order chi connectivity index (χ0) is 21.3. The molecule has 2 fully saturated rings. The molecule has 2 aliphatic heterocycles. The molecule has 1 aromatic rings. The molecule has 9 heteroatoms. The van der Waals surface area contributed by atoms with Gasteiger partial charge in [-0.1, -0.05) is 12.1 Å². The lowest BCUT2D eigenvalue weighted by molar-refractivity contribution is -0.136. The van der Waals surface area contributed by atoms with Gasteiger partial charge in [-0.25, -0.2) is 4.39 Å². The van der Waals surface area contributed by atoms with E-state index in [9.17, 15) is 19.1 Å². The van der Waals surface area contributed by atoms with E-state index < -0.39 is 6.10 Å². The molecule has 0 spiro atoms. The normalized spacial score (nSPS) is 24.9. The van der Waals surface area contributed by atoms with E-state index >= 15 is 0 Å². The van der Waals surface area contributed by atoms with Crippen LogP contribution in [-0.4, -0.2) is 79.5 Å². The first-order chi connectivity index (χ1) is 14.5. The first kappa shape index (κ1) is 22.6. The van der Waals surface area contributed by atoms with E-state index in [1.807, 2.05) is 4.90 Å². The predicted molar refractivity (Wildman–Crippen MR) is 107 cm³/mol. The molecule has 0 radical (unpaired) electrons. The van der Waals surface area contributed by atoms with Gasteiger partial charge in [0.2, 0.25) is 11.8 Å². The summed E-state index contributed by atoms with van der Waals surface area (Å²) in [6.45, 7) is 3.01. The number of benzene rings is 1. The molecule has 0 bridgehead atoms. The third kappa shape index (κ3) is 7.02. The summed E-state index contributed by atoms with van der Waals surface area (Å²) in [6, 6.07) is 5.79. The molecule has 0 aliphatic carbocycles. The van der Waals surface area contributed by atoms with Crippen LogP contribution in [0.15, 0.2) is 24.3 Å². The van der Waals surface area contributed by atoms with Crippen molar-refractivity contribution in [2.75, 3.05) is 39.5 Å². The fourth-order valence-electron chi connectivity index (χ4n) is 3.79. The molecule has 8 nitrogen and oxygen atoms in total. The number of morpholine rings is 1. The van der Waals surface area contributed by atoms with E-state index in [0.717, 1.165) is 13.1 Å². The number of nitrogens with zero attached hydrogens (tertiary/aromatic N) is 1. The zero-order valence-corrected chi connectivity index (χ0v) is 17.0. The van der Waals surface area contributed by atoms with Crippen LogP contribution in [0.4, 0.5) is 4.39 Å². The molecule has 3 rings (SSSR count). The quantitative estimate of drug-likeness (QED) is 0.552. The van der Waals surface area contributed by atoms with Gasteiger partial charge >= 0.3 is 0 Å². The topological polar surface area (TPSA) is 100 Å². The number of carbonyl (C=O) groups excluding carboxylic acids is 2. The van der Waals surface area contributed by atoms with Crippen molar-refractivity contribution in [3.63, 3.8) is 0 Å². The van der Waals surface area contributed by atoms with Crippen molar-refractivity contribution in [2.24, 2.45) is 0 Å². The number of aliphatic hydroxyl groups is 1. The molecule has 2 aliphatic rings. The third-order valence-electron chi connectivity index (χ3n) is 5.40. The summed E-state index contributed by atoms with van der Waals surface area (Å²) in [5.74, 6) is -0.643. The van der Waals surface area contributed by atoms with Crippen molar-refractivity contribution < 1.29 is 28.6 Å². The molecule has 2 heterocycles. The fourth-order valence-corrected chi connectivity index (χ4v) is 3.79. The molecule has 30 heavy (non-hydrogen) atoms. The van der Waals surface area contributed by atoms with Crippen LogP contribution < -0.4 is 10.6 Å². The highest BCUT2D eigenvalue weighted by Crippen LogP contribution is 2.22. The van der Waals surface area contributed by atoms with Crippen molar-refractivity contribution in [2.45, 2.75) is 44.1 Å². The number of rotatable bonds is 8. The minimum atomic E-state index is -0.548. The van der Waals surface area contributed by atoms with Crippen LogP contribution in [0, 0.1) is 5.82 Å². The molecule has 0 aromatic heterocycles. The van der Waals surface area contributed by atoms with Crippen molar-refractivity contribution in [1.82, 2.24) is 15.5 Å². The predicted octanol–water partition coefficient (Wildman–Crippen LogP) is 0.189. The minimum absolute atomic E-state index is 0.102. The largest absolute Gasteiger partial charge is 0.394 e. The van der Waals surface area contributed by atoms with Gasteiger partial charge in [0, 0.05) is 19.6 Å². The summed E-state index contributed by atoms with van der Waals surface area (Å²) >= 11 is 0. The Bertz CT molecular complexity index is 714. The number of ether oxygens (including phenoxy) is 2. The van der Waals surface area contributed by atoms with Gasteiger partial charge in [-0.15, -0.1) is 0 Å². The maximum Gasteiger partial charge on any atom is 0.234 e. The van der Waals surface area contributed by atoms with Crippen molar-refractivity contribution in [1.29, 1.82) is 0 Å². The van der Waals surface area contributed by atoms with Crippen LogP contribution in [0.5, 0.6) is 0 Å². The second-order valence-corrected chi connectivity index (χ2v) is 7.73. The molecule has 2 saturated heterocycles. The van der Waals surface area contributed by atoms with Crippen molar-refractivity contribution in [3.8, 4) is 0 Å². The van der Waals surface area contributed by atoms with Crippen LogP contribution in [0.25, 0.3) is 0 Å². The van der Waals surface area contributed by atoms with Crippen LogP contribution in [0.2, 0.25) is 0 Å². The average Bonchev–Trinajstić information content (AvgIpc) is 2.74. The lowest BCUT2D eigenvalue weighted by Gasteiger charge is -2.36. The molecule has 2 amide bonds. The van der Waals surface area contributed by atoms with E-state index in [1.165, 1.54) is 12.1 Å². The van der Waals surface area contributed by atoms with Gasteiger partial charge in [0.25, 0.3) is 0 Å². The lowest BCUT2D eigenvalue weighted by atomic mass is 9.97. The summed E-state index contributed by atoms with van der Waals surface area (Å²) in [7, 11) is 0. The molecular formula is C21H30FN3O5. The monoisotopic (exact) mass is 423 g/mol. The lowest BCUT2D eigenvalue weighted by Crippen LogP contribution is -2.53. The Balaban J connectivity index is 1.40. The van der Waals surface area contributed by atoms with E-state index in [1.54, 1.807) is 12.1 Å². The molecule has 3 atom stereocenters. The van der Waals surface area contributed by atoms with Crippen LogP contribution >= 0.6 is 0 Å². The summed E-state index contributed by atoms with van der Waals surface area (Å²) in [4.78, 5) is 26.6. The van der Waals surface area contributed by atoms with Crippen LogP contribution in [0.3, 0.4) is 0 Å². The van der Waals surface area contributed by atoms with E-state index in [2.05, 4.69) is 10.6 Å². The second kappa shape index (κ2) is 11.4. The van der Waals surface area contributed by atoms with Gasteiger partial charge in [0.15, 0.2) is 0 Å². The highest BCUT2D eigenvalue weighted by Gasteiger charge is 2.33. The maximum absolute atomic E-state index is 13.2. The van der Waals surface area contributed by atoms with Crippen LogP contribution in [-0.2, 0) is 25.6 Å². The fraction of sp³-hybridized carbons (Fsp3) is 0.619. The average molecular weight is 423 g/mol. The Morgan fingerprint density at radius 1 is 1.20 bits per heavy atom. The summed E-state index contributed by atoms with van der Waals surface area (Å²) < 4.78 is 24.4. The Morgan fingerprint density at radius 2 is 2.00 bits per heavy atom. The Hall–Kier alpha value is -2.07. The zero-order valence-electron chi connectivity index (χ0n) is 17.0. The molecule has 3 N–H and O–H groups in total. The number of nitrogens with one attached hydrogen (secondary N) is 2. The Labute approximate surface area is 175 Å². The van der Waals surface area contributed by atoms with Crippen molar-refractivity contribution in [3.05, 3.63) is 35.6 Å². The number of amides is 2. The summed E-state index contributed by atoms with van der Waals surface area (Å²) in [5.41, 5.74) is 0.684. The number of halogens is 1. The maximum atomic E-state index is 13.2. The number of hydrogen-bond donors (Lipinski definition) is 3. The number of aliphatic hydroxyl groups excluding tert-OH is 1. The molecule has 166 valence electrons. The van der Waals surface area contributed by atoms with Gasteiger partial charge in [-0.05, 0) is 30.5 Å². The Morgan fingerprint density at radius 3 is 2.73 bits per heavy atom. The Kier molecular flexibility index (Phi) is 8.56. The second-order valence-electron chi connectivity index (χ2n) is 7.73. The highest BCUT2D eigenvalue weighted by atomic mass is 19.1. The molecular weight excluding hydrogens is 393 g/mol. The van der Waals surface area contributed by atoms with Gasteiger partial charge < -0.3 is 25.2 Å². The first-order valence-corrected chi connectivity index (χ1v) is 10.4. The van der Waals surface area contributed by atoms with Crippen LogP contribution in [0.1, 0.15) is 24.8 Å². The van der Waals surface area contributed by atoms with Crippen molar-refractivity contribution >= 4 is 11.8 Å². The van der Waals surface area contributed by atoms with Gasteiger partial charge in [0.05, 0.1) is 44.9 Å². The molecule has 0 saturated carbocycles. The smallest absolute Gasteiger partial charge is 0.234 e. The first-order valence-electron chi connectivity index (χ1n) is 10.4. The third-order valence-corrected chi connectivity index (χ3v) is 5.40. The van der Waals surface area contributed by atoms with E-state index in [0.29, 0.717) is 38.2 Å². The number of carbonyl (C=O) groups is 2. The number of hydrogen-bond acceptors (Lipinski definition) is 6. The SMILES string of the molecule is O=C(C[C@H]1CC[C@@H](NC(=O)CN2CCOCC2)[C@@H](CO)O1)NCc1cccc(F)c1. The highest BCUT2D eigenvalue weighted by molar-refractivity contribution is 5.78. The van der Waals surface area contributed by atoms with Gasteiger partial charge in [-0.2, -0.15) is 0 Å². The standard InChI is InChI=1S/C21H30FN3O5/c22-16-3-1-2-15(10-16)12-23-20(27)11-17-4-5-18(19(14-26)30-17)24-21(28)13-25-6-8-29-9-7-25/h1-3,10,17-19,26H,4-9,11-14H2,(H,23,27)(H,24,28)/t17-,18-,19-/m1/s1. The molecule has 0 unspecified atom stereocenters. The van der Waals surface area contributed by atoms with Gasteiger partial charge in [0.1, 0.15) is 11.9 Å². The summed E-state index contributed by atoms with van der Waals surface area (Å²) in [5, 5.41) is 15.4. The minimum Gasteiger partial charge on any atom is -0.394 e.